The van der Waals surface area contributed by atoms with Crippen molar-refractivity contribution in [2.24, 2.45) is 16.7 Å². The topological polar surface area (TPSA) is 0 Å². The second kappa shape index (κ2) is 3.05. The largest absolute Gasteiger partial charge is 0.0648 e. The Morgan fingerprint density at radius 3 is 2.25 bits per heavy atom. The fraction of sp³-hybridized carbons (Fsp3) is 1.00. The fourth-order valence-corrected chi connectivity index (χ4v) is 2.78. The van der Waals surface area contributed by atoms with Gasteiger partial charge in [-0.3, -0.25) is 0 Å². The van der Waals surface area contributed by atoms with E-state index in [-0.39, 0.29) is 0 Å². The Hall–Kier alpha value is 0. The van der Waals surface area contributed by atoms with Gasteiger partial charge >= 0.3 is 0 Å². The van der Waals surface area contributed by atoms with E-state index in [1.165, 1.54) is 25.7 Å². The summed E-state index contributed by atoms with van der Waals surface area (Å²) in [6.07, 6.45) is 5.62. The van der Waals surface area contributed by atoms with Gasteiger partial charge in [-0.15, -0.1) is 0 Å². The molecule has 1 aliphatic carbocycles. The lowest BCUT2D eigenvalue weighted by Crippen LogP contribution is -2.40. The molecule has 0 aromatic carbocycles. The van der Waals surface area contributed by atoms with Crippen molar-refractivity contribution >= 4 is 0 Å². The van der Waals surface area contributed by atoms with Crippen LogP contribution in [0.3, 0.4) is 0 Å². The molecule has 1 fully saturated rings. The van der Waals surface area contributed by atoms with Gasteiger partial charge in [0.25, 0.3) is 0 Å². The molecule has 0 aliphatic heterocycles. The molecule has 0 aromatic heterocycles. The first-order chi connectivity index (χ1) is 5.41. The molecule has 0 radical (unpaired) electrons. The quantitative estimate of drug-likeness (QED) is 0.549. The minimum Gasteiger partial charge on any atom is -0.0648 e. The monoisotopic (exact) mass is 168 g/mol. The van der Waals surface area contributed by atoms with Crippen molar-refractivity contribution in [1.82, 2.24) is 0 Å². The van der Waals surface area contributed by atoms with Crippen LogP contribution in [0, 0.1) is 16.7 Å². The second-order valence-corrected chi connectivity index (χ2v) is 5.65. The first-order valence-electron chi connectivity index (χ1n) is 5.41. The molecule has 0 heteroatoms. The molecule has 1 rings (SSSR count). The minimum absolute atomic E-state index is 0.555. The zero-order chi connectivity index (χ0) is 9.41. The van der Waals surface area contributed by atoms with E-state index >= 15 is 0 Å². The SMILES string of the molecule is CCC1(C)CCC(C)CC1(C)C. The molecule has 0 bridgehead atoms. The highest BCUT2D eigenvalue weighted by Crippen LogP contribution is 2.53. The standard InChI is InChI=1S/C12H24/c1-6-12(5)8-7-10(2)9-11(12,3)4/h10H,6-9H2,1-5H3. The molecule has 72 valence electrons. The highest BCUT2D eigenvalue weighted by molar-refractivity contribution is 4.93. The van der Waals surface area contributed by atoms with E-state index in [4.69, 9.17) is 0 Å². The molecule has 0 nitrogen and oxygen atoms in total. The maximum atomic E-state index is 2.47. The summed E-state index contributed by atoms with van der Waals surface area (Å²) in [5, 5.41) is 0. The first-order valence-corrected chi connectivity index (χ1v) is 5.41. The van der Waals surface area contributed by atoms with Crippen LogP contribution < -0.4 is 0 Å². The summed E-state index contributed by atoms with van der Waals surface area (Å²) < 4.78 is 0. The Kier molecular flexibility index (Phi) is 2.56. The van der Waals surface area contributed by atoms with Gasteiger partial charge in [0.2, 0.25) is 0 Å². The lowest BCUT2D eigenvalue weighted by molar-refractivity contribution is 0.00574. The zero-order valence-corrected chi connectivity index (χ0v) is 9.41. The van der Waals surface area contributed by atoms with Gasteiger partial charge < -0.3 is 0 Å². The van der Waals surface area contributed by atoms with Gasteiger partial charge in [-0.25, -0.2) is 0 Å². The molecular weight excluding hydrogens is 144 g/mol. The molecule has 0 amide bonds. The summed E-state index contributed by atoms with van der Waals surface area (Å²) in [5.74, 6) is 0.944. The van der Waals surface area contributed by atoms with Crippen molar-refractivity contribution in [2.45, 2.75) is 60.3 Å². The summed E-state index contributed by atoms with van der Waals surface area (Å²) in [4.78, 5) is 0. The van der Waals surface area contributed by atoms with Crippen LogP contribution in [0.1, 0.15) is 60.3 Å². The molecule has 1 saturated carbocycles. The third kappa shape index (κ3) is 1.53. The smallest absolute Gasteiger partial charge is 0.0277 e. The average molecular weight is 168 g/mol. The van der Waals surface area contributed by atoms with Gasteiger partial charge in [-0.1, -0.05) is 47.5 Å². The highest BCUT2D eigenvalue weighted by Gasteiger charge is 2.43. The second-order valence-electron chi connectivity index (χ2n) is 5.65. The Bertz CT molecular complexity index is 157. The molecule has 2 unspecified atom stereocenters. The van der Waals surface area contributed by atoms with Gasteiger partial charge in [0.05, 0.1) is 0 Å². The molecule has 12 heavy (non-hydrogen) atoms. The van der Waals surface area contributed by atoms with Gasteiger partial charge in [0.15, 0.2) is 0 Å². The van der Waals surface area contributed by atoms with Crippen molar-refractivity contribution < 1.29 is 0 Å². The predicted octanol–water partition coefficient (Wildman–Crippen LogP) is 4.25. The van der Waals surface area contributed by atoms with Crippen LogP contribution in [0.2, 0.25) is 0 Å². The Balaban J connectivity index is 2.77. The molecule has 0 heterocycles. The third-order valence-electron chi connectivity index (χ3n) is 4.46. The van der Waals surface area contributed by atoms with Crippen molar-refractivity contribution in [1.29, 1.82) is 0 Å². The normalized spacial score (nSPS) is 41.2. The van der Waals surface area contributed by atoms with Crippen LogP contribution >= 0.6 is 0 Å². The van der Waals surface area contributed by atoms with Crippen molar-refractivity contribution in [2.75, 3.05) is 0 Å². The summed E-state index contributed by atoms with van der Waals surface area (Å²) in [7, 11) is 0. The van der Waals surface area contributed by atoms with E-state index in [1.807, 2.05) is 0 Å². The van der Waals surface area contributed by atoms with Crippen LogP contribution in [0.15, 0.2) is 0 Å². The van der Waals surface area contributed by atoms with Crippen molar-refractivity contribution in [3.05, 3.63) is 0 Å². The molecule has 0 N–H and O–H groups in total. The van der Waals surface area contributed by atoms with E-state index in [0.717, 1.165) is 5.92 Å². The van der Waals surface area contributed by atoms with Crippen molar-refractivity contribution in [3.63, 3.8) is 0 Å². The lowest BCUT2D eigenvalue weighted by Gasteiger charge is -2.50. The average Bonchev–Trinajstić information content (AvgIpc) is 1.97. The summed E-state index contributed by atoms with van der Waals surface area (Å²) >= 11 is 0. The van der Waals surface area contributed by atoms with Crippen LogP contribution in [0.25, 0.3) is 0 Å². The number of hydrogen-bond donors (Lipinski definition) is 0. The Labute approximate surface area is 77.7 Å². The van der Waals surface area contributed by atoms with Crippen LogP contribution in [-0.2, 0) is 0 Å². The van der Waals surface area contributed by atoms with E-state index in [2.05, 4.69) is 34.6 Å². The fourth-order valence-electron chi connectivity index (χ4n) is 2.78. The molecule has 0 aromatic rings. The number of rotatable bonds is 1. The summed E-state index contributed by atoms with van der Waals surface area (Å²) in [6.45, 7) is 12.1. The predicted molar refractivity (Wildman–Crippen MR) is 55.2 cm³/mol. The van der Waals surface area contributed by atoms with Gasteiger partial charge in [-0.05, 0) is 29.6 Å². The highest BCUT2D eigenvalue weighted by atomic mass is 14.5. The Morgan fingerprint density at radius 1 is 1.25 bits per heavy atom. The van der Waals surface area contributed by atoms with Gasteiger partial charge in [0, 0.05) is 0 Å². The molecule has 2 atom stereocenters. The number of hydrogen-bond acceptors (Lipinski definition) is 0. The first kappa shape index (κ1) is 10.1. The third-order valence-corrected chi connectivity index (χ3v) is 4.46. The maximum absolute atomic E-state index is 2.47. The minimum atomic E-state index is 0.555. The van der Waals surface area contributed by atoms with Crippen LogP contribution in [0.4, 0.5) is 0 Å². The van der Waals surface area contributed by atoms with E-state index in [9.17, 15) is 0 Å². The van der Waals surface area contributed by atoms with E-state index < -0.39 is 0 Å². The molecule has 0 spiro atoms. The van der Waals surface area contributed by atoms with Crippen LogP contribution in [0.5, 0.6) is 0 Å². The lowest BCUT2D eigenvalue weighted by atomic mass is 9.55. The van der Waals surface area contributed by atoms with E-state index in [0.29, 0.717) is 10.8 Å². The van der Waals surface area contributed by atoms with Crippen molar-refractivity contribution in [3.8, 4) is 0 Å². The van der Waals surface area contributed by atoms with Crippen LogP contribution in [-0.4, -0.2) is 0 Å². The maximum Gasteiger partial charge on any atom is -0.0277 e. The summed E-state index contributed by atoms with van der Waals surface area (Å²) in [6, 6.07) is 0. The van der Waals surface area contributed by atoms with Gasteiger partial charge in [0.1, 0.15) is 0 Å². The van der Waals surface area contributed by atoms with Gasteiger partial charge in [-0.2, -0.15) is 0 Å². The molecule has 0 saturated heterocycles. The Morgan fingerprint density at radius 2 is 1.83 bits per heavy atom. The van der Waals surface area contributed by atoms with E-state index in [1.54, 1.807) is 0 Å². The zero-order valence-electron chi connectivity index (χ0n) is 9.41. The summed E-state index contributed by atoms with van der Waals surface area (Å²) in [5.41, 5.74) is 1.15. The molecule has 1 aliphatic rings. The molecular formula is C12H24.